The van der Waals surface area contributed by atoms with Gasteiger partial charge in [-0.1, -0.05) is 198 Å². The highest BCUT2D eigenvalue weighted by molar-refractivity contribution is 8.00. The van der Waals surface area contributed by atoms with Crippen LogP contribution in [0.4, 0.5) is 5.69 Å². The molecule has 2 aliphatic carbocycles. The van der Waals surface area contributed by atoms with Gasteiger partial charge in [0.05, 0.1) is 5.70 Å². The SMILES string of the molecule is C1=Cc2ccccc2CC1.CC.CC.C\C=C/C(=C\C=C\C1=CC(c2ccc(C3Nc4ccccc4S3)cc2)=C(c2cccc3c2C=CCC3)NC1C)C(C)Sc1ccccc1CC. The minimum atomic E-state index is 0.159. The lowest BCUT2D eigenvalue weighted by Gasteiger charge is -2.29. The number of benzene rings is 5. The van der Waals surface area contributed by atoms with E-state index in [0.717, 1.165) is 19.3 Å². The summed E-state index contributed by atoms with van der Waals surface area (Å²) in [5.41, 5.74) is 17.1. The van der Waals surface area contributed by atoms with Crippen molar-refractivity contribution >= 4 is 52.6 Å². The Balaban J connectivity index is 0.000000418. The molecule has 0 aromatic heterocycles. The lowest BCUT2D eigenvalue weighted by Crippen LogP contribution is -2.30. The monoisotopic (exact) mass is 880 g/mol. The Morgan fingerprint density at radius 2 is 1.48 bits per heavy atom. The second-order valence-electron chi connectivity index (χ2n) is 15.8. The summed E-state index contributed by atoms with van der Waals surface area (Å²) in [6, 6.07) is 42.1. The molecule has 4 aliphatic rings. The van der Waals surface area contributed by atoms with Crippen molar-refractivity contribution in [3.63, 3.8) is 0 Å². The van der Waals surface area contributed by atoms with Crippen molar-refractivity contribution in [3.05, 3.63) is 220 Å². The van der Waals surface area contributed by atoms with E-state index in [9.17, 15) is 0 Å². The van der Waals surface area contributed by atoms with Crippen LogP contribution in [-0.4, -0.2) is 11.3 Å². The standard InChI is InChI=1S/C46H46N2S2.C10H10.2C2H6/c1-5-15-34(32(4)49-43-24-11-8-16-33(43)6-2)18-13-20-38-30-41(45(47-31(38)3)40-22-14-19-35-17-7-9-21-39(35)40)36-26-28-37(29-27-36)46-48-42-23-10-12-25-44(42)50-46;1-2-6-10-8-4-3-7-9(10)5-1;2*1-2/h5,8-16,18-32,46-48H,6-7,17H2,1-4H3;1-3,5-7H,4,8H2;2*1-2H3/b15-5-,20-13+,34-18+;;;. The summed E-state index contributed by atoms with van der Waals surface area (Å²) < 4.78 is 0. The first kappa shape index (κ1) is 48.0. The second kappa shape index (κ2) is 24.6. The highest BCUT2D eigenvalue weighted by Crippen LogP contribution is 2.46. The molecule has 2 heterocycles. The van der Waals surface area contributed by atoms with E-state index >= 15 is 0 Å². The topological polar surface area (TPSA) is 24.1 Å². The Hall–Kier alpha value is -5.42. The molecule has 5 aromatic rings. The average molecular weight is 881 g/mol. The lowest BCUT2D eigenvalue weighted by atomic mass is 9.86. The van der Waals surface area contributed by atoms with Crippen LogP contribution in [0.15, 0.2) is 185 Å². The molecule has 4 heteroatoms. The maximum Gasteiger partial charge on any atom is 0.103 e. The molecule has 0 radical (unpaired) electrons. The summed E-state index contributed by atoms with van der Waals surface area (Å²) in [5, 5.41) is 8.21. The van der Waals surface area contributed by atoms with E-state index in [2.05, 4.69) is 214 Å². The minimum absolute atomic E-state index is 0.159. The number of anilines is 1. The maximum absolute atomic E-state index is 3.97. The van der Waals surface area contributed by atoms with Crippen LogP contribution < -0.4 is 10.6 Å². The molecule has 3 unspecified atom stereocenters. The molecule has 2 N–H and O–H groups in total. The Morgan fingerprint density at radius 1 is 0.781 bits per heavy atom. The number of nitrogens with one attached hydrogen (secondary N) is 2. The number of dihydropyridines is 1. The first-order valence-corrected chi connectivity index (χ1v) is 25.4. The maximum atomic E-state index is 3.97. The third-order valence-corrected chi connectivity index (χ3v) is 14.2. The molecule has 2 nitrogen and oxygen atoms in total. The first-order valence-electron chi connectivity index (χ1n) is 23.6. The summed E-state index contributed by atoms with van der Waals surface area (Å²) in [4.78, 5) is 2.68. The van der Waals surface area contributed by atoms with Crippen molar-refractivity contribution in [2.45, 2.75) is 114 Å². The van der Waals surface area contributed by atoms with Crippen molar-refractivity contribution < 1.29 is 0 Å². The number of hydrogen-bond donors (Lipinski definition) is 2. The van der Waals surface area contributed by atoms with Gasteiger partial charge in [0.15, 0.2) is 0 Å². The molecule has 3 atom stereocenters. The van der Waals surface area contributed by atoms with Crippen molar-refractivity contribution in [1.29, 1.82) is 0 Å². The zero-order valence-electron chi connectivity index (χ0n) is 39.3. The number of hydrogen-bond acceptors (Lipinski definition) is 4. The van der Waals surface area contributed by atoms with Gasteiger partial charge in [0.2, 0.25) is 0 Å². The Bertz CT molecular complexity index is 2500. The predicted octanol–water partition coefficient (Wildman–Crippen LogP) is 17.1. The third-order valence-electron chi connectivity index (χ3n) is 11.7. The fraction of sp³-hybridized carbons (Fsp3) is 0.267. The quantitative estimate of drug-likeness (QED) is 0.108. The molecule has 2 aliphatic heterocycles. The molecule has 0 bridgehead atoms. The van der Waals surface area contributed by atoms with Crippen molar-refractivity contribution in [2.75, 3.05) is 5.32 Å². The zero-order chi connectivity index (χ0) is 45.3. The Labute approximate surface area is 394 Å². The zero-order valence-corrected chi connectivity index (χ0v) is 41.0. The summed E-state index contributed by atoms with van der Waals surface area (Å²) in [7, 11) is 0. The number of aryl methyl sites for hydroxylation is 3. The Morgan fingerprint density at radius 3 is 2.25 bits per heavy atom. The molecule has 330 valence electrons. The van der Waals surface area contributed by atoms with Gasteiger partial charge in [-0.15, -0.1) is 11.8 Å². The van der Waals surface area contributed by atoms with Crippen LogP contribution >= 0.6 is 23.5 Å². The van der Waals surface area contributed by atoms with Gasteiger partial charge in [-0.3, -0.25) is 0 Å². The summed E-state index contributed by atoms with van der Waals surface area (Å²) in [5.74, 6) is 0. The number of rotatable bonds is 10. The van der Waals surface area contributed by atoms with E-state index in [-0.39, 0.29) is 11.4 Å². The molecule has 64 heavy (non-hydrogen) atoms. The van der Waals surface area contributed by atoms with E-state index < -0.39 is 0 Å². The molecule has 5 aromatic carbocycles. The van der Waals surface area contributed by atoms with Gasteiger partial charge in [-0.2, -0.15) is 0 Å². The smallest absolute Gasteiger partial charge is 0.103 e. The van der Waals surface area contributed by atoms with Gasteiger partial charge in [0, 0.05) is 37.9 Å². The van der Waals surface area contributed by atoms with Gasteiger partial charge in [0.25, 0.3) is 0 Å². The van der Waals surface area contributed by atoms with Crippen LogP contribution in [0.25, 0.3) is 23.4 Å². The molecule has 0 amide bonds. The third kappa shape index (κ3) is 12.0. The molecule has 9 rings (SSSR count). The lowest BCUT2D eigenvalue weighted by molar-refractivity contribution is 0.751. The fourth-order valence-corrected chi connectivity index (χ4v) is 10.7. The molecule has 0 saturated carbocycles. The van der Waals surface area contributed by atoms with Gasteiger partial charge in [0.1, 0.15) is 5.37 Å². The minimum Gasteiger partial charge on any atom is -0.378 e. The number of fused-ring (bicyclic) bond motifs is 3. The predicted molar refractivity (Wildman–Crippen MR) is 286 cm³/mol. The van der Waals surface area contributed by atoms with Crippen LogP contribution in [0.1, 0.15) is 118 Å². The largest absolute Gasteiger partial charge is 0.378 e. The van der Waals surface area contributed by atoms with E-state index in [1.807, 2.05) is 51.2 Å². The second-order valence-corrected chi connectivity index (χ2v) is 18.3. The van der Waals surface area contributed by atoms with Crippen LogP contribution in [0.5, 0.6) is 0 Å². The summed E-state index contributed by atoms with van der Waals surface area (Å²) in [6.45, 7) is 16.9. The van der Waals surface area contributed by atoms with Crippen molar-refractivity contribution in [2.24, 2.45) is 0 Å². The van der Waals surface area contributed by atoms with Gasteiger partial charge in [-0.05, 0) is 127 Å². The summed E-state index contributed by atoms with van der Waals surface area (Å²) >= 11 is 3.83. The van der Waals surface area contributed by atoms with Crippen molar-refractivity contribution in [3.8, 4) is 0 Å². The van der Waals surface area contributed by atoms with E-state index in [4.69, 9.17) is 0 Å². The van der Waals surface area contributed by atoms with Gasteiger partial charge >= 0.3 is 0 Å². The normalized spacial score (nSPS) is 17.6. The van der Waals surface area contributed by atoms with Crippen molar-refractivity contribution in [1.82, 2.24) is 5.32 Å². The number of allylic oxidation sites excluding steroid dienone is 8. The number of thioether (sulfide) groups is 2. The first-order chi connectivity index (χ1) is 31.5. The highest BCUT2D eigenvalue weighted by atomic mass is 32.2. The summed E-state index contributed by atoms with van der Waals surface area (Å²) in [6.07, 6.45) is 28.4. The fourth-order valence-electron chi connectivity index (χ4n) is 8.38. The molecule has 0 spiro atoms. The van der Waals surface area contributed by atoms with Crippen LogP contribution in [0.2, 0.25) is 0 Å². The molecular weight excluding hydrogens is 813 g/mol. The van der Waals surface area contributed by atoms with Gasteiger partial charge in [-0.25, -0.2) is 0 Å². The number of para-hydroxylation sites is 1. The van der Waals surface area contributed by atoms with E-state index in [1.165, 1.54) is 95.2 Å². The van der Waals surface area contributed by atoms with Crippen LogP contribution in [0, 0.1) is 0 Å². The highest BCUT2D eigenvalue weighted by Gasteiger charge is 2.25. The van der Waals surface area contributed by atoms with E-state index in [1.54, 1.807) is 0 Å². The molecule has 0 fully saturated rings. The van der Waals surface area contributed by atoms with E-state index in [0.29, 0.717) is 5.25 Å². The van der Waals surface area contributed by atoms with Crippen LogP contribution in [0.3, 0.4) is 0 Å². The van der Waals surface area contributed by atoms with Crippen LogP contribution in [-0.2, 0) is 19.3 Å². The average Bonchev–Trinajstić information content (AvgIpc) is 3.80. The molecule has 0 saturated heterocycles. The molecular formula is C60H68N2S2. The Kier molecular flexibility index (Phi) is 18.5. The van der Waals surface area contributed by atoms with Gasteiger partial charge < -0.3 is 10.6 Å².